The first-order chi connectivity index (χ1) is 13.0. The second kappa shape index (κ2) is 10.3. The molecule has 0 aliphatic carbocycles. The van der Waals surface area contributed by atoms with Gasteiger partial charge >= 0.3 is 0 Å². The number of nitrogens with zero attached hydrogens (tertiary/aromatic N) is 3. The Morgan fingerprint density at radius 3 is 2.74 bits per heavy atom. The first-order valence-electron chi connectivity index (χ1n) is 9.07. The molecule has 2 aromatic rings. The highest BCUT2D eigenvalue weighted by Crippen LogP contribution is 2.12. The molecular weight excluding hydrogens is 342 g/mol. The van der Waals surface area contributed by atoms with Crippen LogP contribution in [0.15, 0.2) is 47.6 Å². The summed E-state index contributed by atoms with van der Waals surface area (Å²) in [6.07, 6.45) is 2.03. The highest BCUT2D eigenvalue weighted by Gasteiger charge is 2.09. The third-order valence-corrected chi connectivity index (χ3v) is 4.14. The van der Waals surface area contributed by atoms with Crippen molar-refractivity contribution in [2.24, 2.45) is 12.0 Å². The maximum absolute atomic E-state index is 12.2. The number of hydrogen-bond donors (Lipinski definition) is 2. The van der Waals surface area contributed by atoms with E-state index in [4.69, 9.17) is 4.74 Å². The average molecular weight is 371 g/mol. The molecule has 2 rings (SSSR count). The Balaban J connectivity index is 1.88. The van der Waals surface area contributed by atoms with Crippen LogP contribution in [0.3, 0.4) is 0 Å². The number of guanidine groups is 1. The van der Waals surface area contributed by atoms with E-state index in [-0.39, 0.29) is 5.91 Å². The molecule has 0 aliphatic heterocycles. The molecule has 0 bridgehead atoms. The molecule has 1 amide bonds. The molecule has 1 aromatic carbocycles. The topological polar surface area (TPSA) is 70.9 Å². The van der Waals surface area contributed by atoms with E-state index in [1.165, 1.54) is 5.69 Å². The Morgan fingerprint density at radius 2 is 2.07 bits per heavy atom. The van der Waals surface area contributed by atoms with Crippen molar-refractivity contribution in [1.29, 1.82) is 0 Å². The Bertz CT molecular complexity index is 769. The summed E-state index contributed by atoms with van der Waals surface area (Å²) in [6, 6.07) is 11.2. The van der Waals surface area contributed by atoms with Gasteiger partial charge in [0.25, 0.3) is 5.91 Å². The van der Waals surface area contributed by atoms with Crippen LogP contribution in [-0.2, 0) is 13.6 Å². The van der Waals surface area contributed by atoms with Gasteiger partial charge in [-0.1, -0.05) is 6.07 Å². The predicted octanol–water partition coefficient (Wildman–Crippen LogP) is 1.86. The van der Waals surface area contributed by atoms with Crippen LogP contribution in [0.1, 0.15) is 23.0 Å². The van der Waals surface area contributed by atoms with Crippen LogP contribution < -0.4 is 15.4 Å². The summed E-state index contributed by atoms with van der Waals surface area (Å²) in [5.74, 6) is 1.35. The molecule has 0 saturated heterocycles. The summed E-state index contributed by atoms with van der Waals surface area (Å²) in [6.45, 7) is 4.53. The number of ether oxygens (including phenoxy) is 1. The van der Waals surface area contributed by atoms with E-state index in [9.17, 15) is 4.79 Å². The van der Waals surface area contributed by atoms with Crippen molar-refractivity contribution >= 4 is 11.9 Å². The van der Waals surface area contributed by atoms with Crippen molar-refractivity contribution < 1.29 is 9.53 Å². The van der Waals surface area contributed by atoms with Gasteiger partial charge in [-0.25, -0.2) is 0 Å². The molecule has 7 heteroatoms. The maximum Gasteiger partial charge on any atom is 0.251 e. The minimum Gasteiger partial charge on any atom is -0.497 e. The molecule has 0 spiro atoms. The summed E-state index contributed by atoms with van der Waals surface area (Å²) in [4.78, 5) is 18.9. The number of aliphatic imine (C=N–C) groups is 1. The molecule has 1 aromatic heterocycles. The van der Waals surface area contributed by atoms with E-state index in [1.807, 2.05) is 39.3 Å². The maximum atomic E-state index is 12.2. The molecule has 0 fully saturated rings. The summed E-state index contributed by atoms with van der Waals surface area (Å²) in [7, 11) is 5.62. The first-order valence-corrected chi connectivity index (χ1v) is 9.07. The Kier molecular flexibility index (Phi) is 7.73. The molecule has 0 atom stereocenters. The molecule has 0 saturated carbocycles. The number of methoxy groups -OCH3 is 1. The lowest BCUT2D eigenvalue weighted by molar-refractivity contribution is 0.0954. The smallest absolute Gasteiger partial charge is 0.251 e. The number of aryl methyl sites for hydroxylation is 1. The van der Waals surface area contributed by atoms with Gasteiger partial charge in [-0.3, -0.25) is 9.79 Å². The van der Waals surface area contributed by atoms with Crippen LogP contribution in [0, 0.1) is 0 Å². The fraction of sp³-hybridized carbons (Fsp3) is 0.400. The van der Waals surface area contributed by atoms with E-state index in [1.54, 1.807) is 25.3 Å². The molecule has 2 N–H and O–H groups in total. The zero-order valence-electron chi connectivity index (χ0n) is 16.5. The SMILES string of the molecule is CCNC(=NCCNC(=O)c1cccc(OC)c1)N(C)Cc1cccn1C. The Hall–Kier alpha value is -2.96. The number of carbonyl (C=O) groups is 1. The summed E-state index contributed by atoms with van der Waals surface area (Å²) in [5.41, 5.74) is 1.78. The van der Waals surface area contributed by atoms with Crippen molar-refractivity contribution in [3.05, 3.63) is 53.9 Å². The average Bonchev–Trinajstić information content (AvgIpc) is 3.08. The highest BCUT2D eigenvalue weighted by atomic mass is 16.5. The summed E-state index contributed by atoms with van der Waals surface area (Å²) < 4.78 is 7.24. The lowest BCUT2D eigenvalue weighted by Gasteiger charge is -2.22. The number of rotatable bonds is 8. The van der Waals surface area contributed by atoms with Gasteiger partial charge in [0, 0.05) is 44.6 Å². The number of hydrogen-bond acceptors (Lipinski definition) is 3. The molecule has 146 valence electrons. The number of benzene rings is 1. The fourth-order valence-electron chi connectivity index (χ4n) is 2.65. The van der Waals surface area contributed by atoms with E-state index in [0.29, 0.717) is 24.4 Å². The summed E-state index contributed by atoms with van der Waals surface area (Å²) >= 11 is 0. The number of carbonyl (C=O) groups excluding carboxylic acids is 1. The van der Waals surface area contributed by atoms with Gasteiger partial charge in [-0.05, 0) is 37.3 Å². The van der Waals surface area contributed by atoms with Crippen LogP contribution >= 0.6 is 0 Å². The molecule has 0 aliphatic rings. The van der Waals surface area contributed by atoms with Crippen molar-refractivity contribution in [3.63, 3.8) is 0 Å². The van der Waals surface area contributed by atoms with Crippen LogP contribution in [0.2, 0.25) is 0 Å². The summed E-state index contributed by atoms with van der Waals surface area (Å²) in [5, 5.41) is 6.18. The normalized spacial score (nSPS) is 11.2. The standard InChI is InChI=1S/C20H29N5O2/c1-5-21-20(25(3)15-17-9-7-13-24(17)2)23-12-11-22-19(26)16-8-6-10-18(14-16)27-4/h6-10,13-14H,5,11-12,15H2,1-4H3,(H,21,23)(H,22,26). The van der Waals surface area contributed by atoms with E-state index in [2.05, 4.69) is 31.2 Å². The second-order valence-corrected chi connectivity index (χ2v) is 6.19. The van der Waals surface area contributed by atoms with Gasteiger partial charge in [0.05, 0.1) is 20.2 Å². The largest absolute Gasteiger partial charge is 0.497 e. The van der Waals surface area contributed by atoms with Crippen LogP contribution in [0.25, 0.3) is 0 Å². The van der Waals surface area contributed by atoms with Crippen molar-refractivity contribution in [3.8, 4) is 5.75 Å². The molecule has 1 heterocycles. The quantitative estimate of drug-likeness (QED) is 0.422. The number of nitrogens with one attached hydrogen (secondary N) is 2. The van der Waals surface area contributed by atoms with Gasteiger partial charge < -0.3 is 24.8 Å². The Labute approximate surface area is 161 Å². The fourth-order valence-corrected chi connectivity index (χ4v) is 2.65. The van der Waals surface area contributed by atoms with Crippen molar-refractivity contribution in [2.45, 2.75) is 13.5 Å². The van der Waals surface area contributed by atoms with E-state index >= 15 is 0 Å². The molecular formula is C20H29N5O2. The van der Waals surface area contributed by atoms with E-state index in [0.717, 1.165) is 19.0 Å². The third kappa shape index (κ3) is 6.06. The molecule has 27 heavy (non-hydrogen) atoms. The van der Waals surface area contributed by atoms with Crippen molar-refractivity contribution in [1.82, 2.24) is 20.1 Å². The predicted molar refractivity (Wildman–Crippen MR) is 108 cm³/mol. The number of amides is 1. The lowest BCUT2D eigenvalue weighted by atomic mass is 10.2. The van der Waals surface area contributed by atoms with E-state index < -0.39 is 0 Å². The van der Waals surface area contributed by atoms with Gasteiger partial charge in [-0.15, -0.1) is 0 Å². The van der Waals surface area contributed by atoms with Crippen LogP contribution in [-0.4, -0.2) is 55.1 Å². The van der Waals surface area contributed by atoms with Crippen LogP contribution in [0.4, 0.5) is 0 Å². The Morgan fingerprint density at radius 1 is 1.26 bits per heavy atom. The zero-order chi connectivity index (χ0) is 19.6. The van der Waals surface area contributed by atoms with Crippen LogP contribution in [0.5, 0.6) is 5.75 Å². The first kappa shape index (κ1) is 20.4. The van der Waals surface area contributed by atoms with Gasteiger partial charge in [0.2, 0.25) is 0 Å². The van der Waals surface area contributed by atoms with Gasteiger partial charge in [-0.2, -0.15) is 0 Å². The molecule has 7 nitrogen and oxygen atoms in total. The van der Waals surface area contributed by atoms with Gasteiger partial charge in [0.1, 0.15) is 5.75 Å². The second-order valence-electron chi connectivity index (χ2n) is 6.19. The lowest BCUT2D eigenvalue weighted by Crippen LogP contribution is -2.39. The van der Waals surface area contributed by atoms with Gasteiger partial charge in [0.15, 0.2) is 5.96 Å². The third-order valence-electron chi connectivity index (χ3n) is 4.14. The monoisotopic (exact) mass is 371 g/mol. The zero-order valence-corrected chi connectivity index (χ0v) is 16.5. The van der Waals surface area contributed by atoms with Crippen molar-refractivity contribution in [2.75, 3.05) is 33.8 Å². The highest BCUT2D eigenvalue weighted by molar-refractivity contribution is 5.94. The number of aromatic nitrogens is 1. The molecule has 0 unspecified atom stereocenters. The minimum absolute atomic E-state index is 0.133. The minimum atomic E-state index is -0.133. The molecule has 0 radical (unpaired) electrons.